The third-order valence-electron chi connectivity index (χ3n) is 3.82. The molecule has 0 spiro atoms. The molecule has 0 fully saturated rings. The summed E-state index contributed by atoms with van der Waals surface area (Å²) in [4.78, 5) is 25.8. The highest BCUT2D eigenvalue weighted by molar-refractivity contribution is 6.08. The summed E-state index contributed by atoms with van der Waals surface area (Å²) in [7, 11) is 2.87. The van der Waals surface area contributed by atoms with E-state index in [1.54, 1.807) is 31.4 Å². The summed E-state index contributed by atoms with van der Waals surface area (Å²) >= 11 is 0. The molecule has 8 nitrogen and oxygen atoms in total. The first-order valence-corrected chi connectivity index (χ1v) is 8.24. The summed E-state index contributed by atoms with van der Waals surface area (Å²) < 4.78 is 15.5. The van der Waals surface area contributed by atoms with Gasteiger partial charge in [-0.1, -0.05) is 0 Å². The van der Waals surface area contributed by atoms with Crippen LogP contribution >= 0.6 is 0 Å². The van der Waals surface area contributed by atoms with E-state index in [1.807, 2.05) is 6.92 Å². The molecule has 2 N–H and O–H groups in total. The largest absolute Gasteiger partial charge is 0.488 e. The van der Waals surface area contributed by atoms with Crippen LogP contribution in [0.15, 0.2) is 35.5 Å². The van der Waals surface area contributed by atoms with Crippen molar-refractivity contribution >= 4 is 17.6 Å². The van der Waals surface area contributed by atoms with E-state index in [2.05, 4.69) is 5.32 Å². The van der Waals surface area contributed by atoms with Crippen molar-refractivity contribution in [3.63, 3.8) is 0 Å². The van der Waals surface area contributed by atoms with Gasteiger partial charge in [0, 0.05) is 19.3 Å². The zero-order valence-corrected chi connectivity index (χ0v) is 15.2. The zero-order valence-electron chi connectivity index (χ0n) is 15.2. The third kappa shape index (κ3) is 4.74. The number of hydrogen-bond acceptors (Lipinski definition) is 7. The van der Waals surface area contributed by atoms with Crippen LogP contribution in [0.25, 0.3) is 0 Å². The van der Waals surface area contributed by atoms with Gasteiger partial charge in [0.2, 0.25) is 0 Å². The smallest absolute Gasteiger partial charge is 0.337 e. The van der Waals surface area contributed by atoms with Crippen molar-refractivity contribution in [3.8, 4) is 5.75 Å². The maximum Gasteiger partial charge on any atom is 0.337 e. The van der Waals surface area contributed by atoms with Crippen LogP contribution in [0.3, 0.4) is 0 Å². The van der Waals surface area contributed by atoms with Crippen molar-refractivity contribution in [2.75, 3.05) is 45.8 Å². The zero-order chi connectivity index (χ0) is 19.1. The van der Waals surface area contributed by atoms with Crippen LogP contribution < -0.4 is 10.1 Å². The molecule has 0 bridgehead atoms. The number of amides is 1. The Morgan fingerprint density at radius 3 is 2.58 bits per heavy atom. The van der Waals surface area contributed by atoms with E-state index in [4.69, 9.17) is 19.3 Å². The summed E-state index contributed by atoms with van der Waals surface area (Å²) in [5.41, 5.74) is 1.03. The van der Waals surface area contributed by atoms with Crippen LogP contribution in [-0.4, -0.2) is 68.5 Å². The topological polar surface area (TPSA) is 97.3 Å². The van der Waals surface area contributed by atoms with Gasteiger partial charge in [-0.25, -0.2) is 4.79 Å². The number of methoxy groups -OCH3 is 2. The fourth-order valence-corrected chi connectivity index (χ4v) is 2.61. The molecule has 0 radical (unpaired) electrons. The first kappa shape index (κ1) is 19.7. The summed E-state index contributed by atoms with van der Waals surface area (Å²) in [6.07, 6.45) is -0.0871. The van der Waals surface area contributed by atoms with Crippen molar-refractivity contribution in [1.29, 1.82) is 0 Å². The second kappa shape index (κ2) is 9.21. The second-order valence-electron chi connectivity index (χ2n) is 5.83. The number of aliphatic hydroxyl groups excluding tert-OH is 1. The molecule has 0 aliphatic carbocycles. The van der Waals surface area contributed by atoms with Crippen molar-refractivity contribution < 1.29 is 28.9 Å². The highest BCUT2D eigenvalue weighted by atomic mass is 16.5. The van der Waals surface area contributed by atoms with Gasteiger partial charge in [0.05, 0.1) is 32.4 Å². The predicted octanol–water partition coefficient (Wildman–Crippen LogP) is 0.774. The fraction of sp³-hybridized carbons (Fsp3) is 0.444. The quantitative estimate of drug-likeness (QED) is 0.625. The number of carbonyl (C=O) groups is 2. The van der Waals surface area contributed by atoms with Crippen LogP contribution in [0.5, 0.6) is 5.75 Å². The lowest BCUT2D eigenvalue weighted by molar-refractivity contribution is -0.136. The van der Waals surface area contributed by atoms with Crippen LogP contribution in [0.4, 0.5) is 5.69 Å². The van der Waals surface area contributed by atoms with E-state index in [1.165, 1.54) is 12.0 Å². The van der Waals surface area contributed by atoms with Gasteiger partial charge in [-0.3, -0.25) is 4.79 Å². The maximum atomic E-state index is 12.5. The van der Waals surface area contributed by atoms with E-state index in [9.17, 15) is 9.59 Å². The van der Waals surface area contributed by atoms with Crippen LogP contribution in [0.2, 0.25) is 0 Å². The number of β-amino-alcohol motifs (C(OH)–C–C–N with tert-alkyl or cyclic N) is 1. The second-order valence-corrected chi connectivity index (χ2v) is 5.83. The Morgan fingerprint density at radius 2 is 2.00 bits per heavy atom. The molecule has 142 valence electrons. The molecule has 8 heteroatoms. The third-order valence-corrected chi connectivity index (χ3v) is 3.82. The Balaban J connectivity index is 2.13. The minimum Gasteiger partial charge on any atom is -0.488 e. The van der Waals surface area contributed by atoms with Crippen LogP contribution in [0, 0.1) is 0 Å². The number of aliphatic hydroxyl groups is 1. The number of benzene rings is 1. The monoisotopic (exact) mass is 364 g/mol. The number of nitrogens with one attached hydrogen (secondary N) is 1. The number of rotatable bonds is 9. The van der Waals surface area contributed by atoms with Crippen molar-refractivity contribution in [1.82, 2.24) is 4.90 Å². The van der Waals surface area contributed by atoms with Crippen molar-refractivity contribution in [3.05, 3.63) is 35.5 Å². The molecule has 1 atom stereocenters. The lowest BCUT2D eigenvalue weighted by atomic mass is 10.2. The summed E-state index contributed by atoms with van der Waals surface area (Å²) in [5, 5.41) is 12.0. The SMILES string of the molecule is COCC(C)Oc1ccc(NC2=C(C(=O)OC)CN(CCO)C2=O)cc1. The fourth-order valence-electron chi connectivity index (χ4n) is 2.61. The Morgan fingerprint density at radius 1 is 1.31 bits per heavy atom. The van der Waals surface area contributed by atoms with E-state index in [-0.39, 0.29) is 43.0 Å². The van der Waals surface area contributed by atoms with Gasteiger partial charge < -0.3 is 29.5 Å². The number of anilines is 1. The number of nitrogens with zero attached hydrogens (tertiary/aromatic N) is 1. The Labute approximate surface area is 152 Å². The molecule has 1 unspecified atom stereocenters. The Hall–Kier alpha value is -2.58. The Bertz CT molecular complexity index is 671. The molecule has 1 aliphatic heterocycles. The molecule has 1 aromatic rings. The lowest BCUT2D eigenvalue weighted by Gasteiger charge is -2.16. The van der Waals surface area contributed by atoms with E-state index < -0.39 is 5.97 Å². The first-order valence-electron chi connectivity index (χ1n) is 8.24. The highest BCUT2D eigenvalue weighted by Crippen LogP contribution is 2.24. The molecular formula is C18H24N2O6. The summed E-state index contributed by atoms with van der Waals surface area (Å²) in [6.45, 7) is 2.44. The molecule has 2 rings (SSSR count). The van der Waals surface area contributed by atoms with Gasteiger partial charge >= 0.3 is 5.97 Å². The van der Waals surface area contributed by atoms with Crippen LogP contribution in [-0.2, 0) is 19.1 Å². The highest BCUT2D eigenvalue weighted by Gasteiger charge is 2.34. The lowest BCUT2D eigenvalue weighted by Crippen LogP contribution is -2.31. The maximum absolute atomic E-state index is 12.5. The molecular weight excluding hydrogens is 340 g/mol. The molecule has 1 aliphatic rings. The number of esters is 1. The van der Waals surface area contributed by atoms with Gasteiger partial charge in [0.25, 0.3) is 5.91 Å². The van der Waals surface area contributed by atoms with Gasteiger partial charge in [0.1, 0.15) is 17.6 Å². The minimum absolute atomic E-state index is 0.0871. The van der Waals surface area contributed by atoms with E-state index in [0.29, 0.717) is 18.0 Å². The average molecular weight is 364 g/mol. The van der Waals surface area contributed by atoms with Gasteiger partial charge in [-0.2, -0.15) is 0 Å². The number of ether oxygens (including phenoxy) is 3. The molecule has 26 heavy (non-hydrogen) atoms. The number of carbonyl (C=O) groups excluding carboxylic acids is 2. The average Bonchev–Trinajstić information content (AvgIpc) is 2.93. The molecule has 0 saturated heterocycles. The molecule has 1 heterocycles. The van der Waals surface area contributed by atoms with Gasteiger partial charge in [0.15, 0.2) is 0 Å². The first-order chi connectivity index (χ1) is 12.5. The van der Waals surface area contributed by atoms with Crippen molar-refractivity contribution in [2.24, 2.45) is 0 Å². The predicted molar refractivity (Wildman–Crippen MR) is 94.7 cm³/mol. The normalized spacial score (nSPS) is 15.2. The van der Waals surface area contributed by atoms with Crippen LogP contribution in [0.1, 0.15) is 6.92 Å². The molecule has 0 aromatic heterocycles. The molecule has 0 saturated carbocycles. The molecule has 1 aromatic carbocycles. The van der Waals surface area contributed by atoms with Gasteiger partial charge in [-0.15, -0.1) is 0 Å². The summed E-state index contributed by atoms with van der Waals surface area (Å²) in [5.74, 6) is -0.259. The van der Waals surface area contributed by atoms with E-state index in [0.717, 1.165) is 0 Å². The molecule has 1 amide bonds. The van der Waals surface area contributed by atoms with E-state index >= 15 is 0 Å². The van der Waals surface area contributed by atoms with Gasteiger partial charge in [-0.05, 0) is 31.2 Å². The standard InChI is InChI=1S/C18H24N2O6/c1-12(11-24-2)26-14-6-4-13(5-7-14)19-16-15(18(23)25-3)10-20(8-9-21)17(16)22/h4-7,12,19,21H,8-11H2,1-3H3. The minimum atomic E-state index is -0.574. The number of hydrogen-bond donors (Lipinski definition) is 2. The van der Waals surface area contributed by atoms with Crippen molar-refractivity contribution in [2.45, 2.75) is 13.0 Å². The Kier molecular flexibility index (Phi) is 6.99. The summed E-state index contributed by atoms with van der Waals surface area (Å²) in [6, 6.07) is 7.02.